The van der Waals surface area contributed by atoms with E-state index in [1.807, 2.05) is 18.6 Å². The molecule has 2 aromatic heterocycles. The van der Waals surface area contributed by atoms with Crippen molar-refractivity contribution >= 4 is 61.5 Å². The van der Waals surface area contributed by atoms with Crippen LogP contribution in [0.4, 0.5) is 9.93 Å². The van der Waals surface area contributed by atoms with E-state index in [-0.39, 0.29) is 25.4 Å². The zero-order valence-corrected chi connectivity index (χ0v) is 37.8. The lowest BCUT2D eigenvalue weighted by molar-refractivity contribution is -0.143. The normalized spacial score (nSPS) is 22.5. The largest absolute Gasteiger partial charge is 0.497 e. The Labute approximate surface area is 360 Å². The number of hydrogen-bond acceptors (Lipinski definition) is 15. The Morgan fingerprint density at radius 1 is 1.07 bits per heavy atom. The summed E-state index contributed by atoms with van der Waals surface area (Å²) in [6.45, 7) is 19.7. The molecule has 1 saturated heterocycles. The average Bonchev–Trinajstić information content (AvgIpc) is 3.91. The maximum atomic E-state index is 14.8. The smallest absolute Gasteiger partial charge is 0.408 e. The van der Waals surface area contributed by atoms with E-state index in [9.17, 15) is 27.6 Å². The van der Waals surface area contributed by atoms with Crippen LogP contribution in [0, 0.1) is 11.3 Å². The highest BCUT2D eigenvalue weighted by Gasteiger charge is 2.62. The Morgan fingerprint density at radius 3 is 2.36 bits per heavy atom. The molecule has 2 aliphatic carbocycles. The fraction of sp³-hybridized carbons (Fsp3) is 0.585. The molecule has 5 atom stereocenters. The first-order valence-corrected chi connectivity index (χ1v) is 22.3. The molecule has 0 unspecified atom stereocenters. The number of benzene rings is 1. The highest BCUT2D eigenvalue weighted by molar-refractivity contribution is 7.85. The SMILES string of the molecule is C=C[C@@H]1C[C@]1(NC(=O)[C@@H]1C[C@@H](Oc2cc(-c3nnc(NC(C)C)s3)nc3cc(OC)ccc23)CN1C(=O)[C@@H](NC(=O)OC(C)(C)C)C(C)(C)C)C(=O)NS(=O)(=O)OC1(C)CC1. The van der Waals surface area contributed by atoms with Crippen molar-refractivity contribution in [1.29, 1.82) is 0 Å². The number of likely N-dealkylation sites (tertiary alicyclic amines) is 1. The number of carbonyl (C=O) groups excluding carboxylic acids is 4. The molecule has 3 aromatic rings. The van der Waals surface area contributed by atoms with E-state index in [1.165, 1.54) is 22.3 Å². The van der Waals surface area contributed by atoms with Gasteiger partial charge in [-0.3, -0.25) is 14.4 Å². The van der Waals surface area contributed by atoms with E-state index in [0.717, 1.165) is 0 Å². The first-order valence-electron chi connectivity index (χ1n) is 20.1. The number of anilines is 1. The van der Waals surface area contributed by atoms with Gasteiger partial charge in [0.15, 0.2) is 5.01 Å². The second-order valence-corrected chi connectivity index (χ2v) is 20.7. The lowest BCUT2D eigenvalue weighted by Gasteiger charge is -2.36. The third kappa shape index (κ3) is 10.7. The Hall–Kier alpha value is -5.08. The van der Waals surface area contributed by atoms with Crippen molar-refractivity contribution in [1.82, 2.24) is 35.4 Å². The van der Waals surface area contributed by atoms with Crippen molar-refractivity contribution in [3.05, 3.63) is 36.9 Å². The van der Waals surface area contributed by atoms with Gasteiger partial charge in [0.05, 0.1) is 24.8 Å². The van der Waals surface area contributed by atoms with Crippen molar-refractivity contribution in [2.45, 2.75) is 129 Å². The number of nitrogens with zero attached hydrogens (tertiary/aromatic N) is 4. The Bertz CT molecular complexity index is 2320. The molecule has 1 aromatic carbocycles. The predicted octanol–water partition coefficient (Wildman–Crippen LogP) is 4.86. The van der Waals surface area contributed by atoms with Crippen LogP contribution in [0.2, 0.25) is 0 Å². The number of nitrogens with one attached hydrogen (secondary N) is 4. The standard InChI is InChI=1S/C41H56N8O10S2/c1-12-23-20-41(23,35(52)48-61(54,55)59-40(10)15-16-40)45-32(50)29-18-25(21-49(29)34(51)31(38(4,5)6)44-37(53)58-39(7,8)9)57-30-19-28(33-46-47-36(60-33)42-22(2)3)43-27-17-24(56-11)13-14-26(27)30/h12-14,17,19,22-23,25,29,31H,1,15-16,18,20-21H2,2-11H3,(H,42,47)(H,44,53)(H,45,50)(H,48,52)/t23-,25-,29+,31-,41-/m1/s1. The molecular weight excluding hydrogens is 829 g/mol. The number of methoxy groups -OCH3 is 1. The minimum absolute atomic E-state index is 0.0480. The molecule has 4 amide bonds. The number of fused-ring (bicyclic) bond motifs is 1. The van der Waals surface area contributed by atoms with Gasteiger partial charge in [0.25, 0.3) is 5.91 Å². The van der Waals surface area contributed by atoms with Crippen LogP contribution in [0.15, 0.2) is 36.9 Å². The lowest BCUT2D eigenvalue weighted by Crippen LogP contribution is -2.60. The summed E-state index contributed by atoms with van der Waals surface area (Å²) in [6, 6.07) is 4.73. The van der Waals surface area contributed by atoms with Crippen LogP contribution in [-0.4, -0.2) is 107 Å². The summed E-state index contributed by atoms with van der Waals surface area (Å²) in [7, 11) is -2.98. The number of carbonyl (C=O) groups is 4. The molecule has 2 saturated carbocycles. The third-order valence-corrected chi connectivity index (χ3v) is 12.4. The lowest BCUT2D eigenvalue weighted by atomic mass is 9.85. The summed E-state index contributed by atoms with van der Waals surface area (Å²) in [5.41, 5.74) is -3.33. The van der Waals surface area contributed by atoms with E-state index in [0.29, 0.717) is 51.1 Å². The van der Waals surface area contributed by atoms with Gasteiger partial charge in [0.2, 0.25) is 16.9 Å². The molecule has 4 N–H and O–H groups in total. The number of ether oxygens (including phenoxy) is 3. The molecule has 3 aliphatic rings. The Balaban J connectivity index is 1.34. The molecule has 0 bridgehead atoms. The maximum absolute atomic E-state index is 14.8. The topological polar surface area (TPSA) is 229 Å². The van der Waals surface area contributed by atoms with Crippen LogP contribution in [0.1, 0.15) is 88.0 Å². The quantitative estimate of drug-likeness (QED) is 0.150. The number of amides is 4. The number of pyridine rings is 1. The van der Waals surface area contributed by atoms with Gasteiger partial charge in [0, 0.05) is 35.9 Å². The second kappa shape index (κ2) is 16.7. The van der Waals surface area contributed by atoms with Crippen LogP contribution in [-0.2, 0) is 33.6 Å². The molecule has 20 heteroatoms. The maximum Gasteiger partial charge on any atom is 0.408 e. The number of alkyl carbamates (subject to hydrolysis) is 1. The zero-order valence-electron chi connectivity index (χ0n) is 36.2. The second-order valence-electron chi connectivity index (χ2n) is 18.5. The van der Waals surface area contributed by atoms with Gasteiger partial charge in [-0.15, -0.1) is 16.8 Å². The van der Waals surface area contributed by atoms with Gasteiger partial charge in [-0.05, 0) is 78.4 Å². The Morgan fingerprint density at radius 2 is 1.77 bits per heavy atom. The minimum atomic E-state index is -4.52. The van der Waals surface area contributed by atoms with E-state index in [2.05, 4.69) is 32.7 Å². The van der Waals surface area contributed by atoms with E-state index in [1.54, 1.807) is 79.8 Å². The zero-order chi connectivity index (χ0) is 44.9. The van der Waals surface area contributed by atoms with Crippen LogP contribution >= 0.6 is 11.3 Å². The van der Waals surface area contributed by atoms with Gasteiger partial charge < -0.3 is 35.1 Å². The first kappa shape index (κ1) is 45.4. The minimum Gasteiger partial charge on any atom is -0.497 e. The monoisotopic (exact) mass is 884 g/mol. The molecule has 6 rings (SSSR count). The summed E-state index contributed by atoms with van der Waals surface area (Å²) < 4.78 is 50.6. The van der Waals surface area contributed by atoms with Gasteiger partial charge in [0.1, 0.15) is 46.5 Å². The molecule has 3 heterocycles. The summed E-state index contributed by atoms with van der Waals surface area (Å²) in [5.74, 6) is -2.01. The van der Waals surface area contributed by atoms with Crippen LogP contribution < -0.4 is 30.1 Å². The molecule has 18 nitrogen and oxygen atoms in total. The predicted molar refractivity (Wildman–Crippen MR) is 228 cm³/mol. The number of hydrogen-bond donors (Lipinski definition) is 4. The summed E-state index contributed by atoms with van der Waals surface area (Å²) in [5, 5.41) is 19.1. The summed E-state index contributed by atoms with van der Waals surface area (Å²) in [4.78, 5) is 62.3. The molecule has 0 radical (unpaired) electrons. The molecule has 0 spiro atoms. The Kier molecular flexibility index (Phi) is 12.4. The van der Waals surface area contributed by atoms with Crippen molar-refractivity contribution in [2.24, 2.45) is 11.3 Å². The molecule has 1 aliphatic heterocycles. The van der Waals surface area contributed by atoms with Crippen molar-refractivity contribution in [3.8, 4) is 22.2 Å². The van der Waals surface area contributed by atoms with Crippen molar-refractivity contribution in [3.63, 3.8) is 0 Å². The van der Waals surface area contributed by atoms with Crippen LogP contribution in [0.25, 0.3) is 21.6 Å². The number of aromatic nitrogens is 3. The van der Waals surface area contributed by atoms with Gasteiger partial charge in [-0.1, -0.05) is 38.2 Å². The third-order valence-electron chi connectivity index (χ3n) is 10.5. The molecule has 3 fully saturated rings. The summed E-state index contributed by atoms with van der Waals surface area (Å²) in [6.07, 6.45) is 0.860. The molecular formula is C41H56N8O10S2. The average molecular weight is 885 g/mol. The van der Waals surface area contributed by atoms with Crippen LogP contribution in [0.5, 0.6) is 11.5 Å². The van der Waals surface area contributed by atoms with Gasteiger partial charge in [-0.2, -0.15) is 8.42 Å². The fourth-order valence-electron chi connectivity index (χ4n) is 7.02. The van der Waals surface area contributed by atoms with Crippen LogP contribution in [0.3, 0.4) is 0 Å². The van der Waals surface area contributed by atoms with E-state index < -0.39 is 80.4 Å². The highest BCUT2D eigenvalue weighted by Crippen LogP contribution is 2.46. The highest BCUT2D eigenvalue weighted by atomic mass is 32.2. The van der Waals surface area contributed by atoms with Gasteiger partial charge >= 0.3 is 16.4 Å². The van der Waals surface area contributed by atoms with E-state index in [4.69, 9.17) is 23.4 Å². The van der Waals surface area contributed by atoms with Crippen molar-refractivity contribution < 1.29 is 46.0 Å². The number of rotatable bonds is 15. The summed E-state index contributed by atoms with van der Waals surface area (Å²) >= 11 is 1.31. The van der Waals surface area contributed by atoms with Gasteiger partial charge in [-0.25, -0.2) is 18.7 Å². The van der Waals surface area contributed by atoms with Crippen molar-refractivity contribution in [2.75, 3.05) is 19.0 Å². The molecule has 61 heavy (non-hydrogen) atoms. The van der Waals surface area contributed by atoms with E-state index >= 15 is 0 Å². The first-order chi connectivity index (χ1) is 28.3. The fourth-order valence-corrected chi connectivity index (χ4v) is 9.02. The molecule has 332 valence electrons.